The van der Waals surface area contributed by atoms with Gasteiger partial charge in [0, 0.05) is 13.1 Å². The second-order valence-electron chi connectivity index (χ2n) is 6.50. The van der Waals surface area contributed by atoms with Gasteiger partial charge in [-0.3, -0.25) is 4.79 Å². The van der Waals surface area contributed by atoms with Gasteiger partial charge in [-0.2, -0.15) is 0 Å². The highest BCUT2D eigenvalue weighted by atomic mass is 16.6. The van der Waals surface area contributed by atoms with Gasteiger partial charge in [-0.05, 0) is 25.5 Å². The van der Waals surface area contributed by atoms with E-state index in [0.717, 1.165) is 11.9 Å². The number of ether oxygens (including phenoxy) is 2. The summed E-state index contributed by atoms with van der Waals surface area (Å²) in [5.74, 6) is -0.461. The molecule has 2 aromatic rings. The first-order chi connectivity index (χ1) is 14.2. The Kier molecular flexibility index (Phi) is 7.18. The number of oxime groups is 1. The van der Waals surface area contributed by atoms with E-state index in [1.165, 1.54) is 0 Å². The minimum absolute atomic E-state index is 0.0298. The Labute approximate surface area is 169 Å². The Morgan fingerprint density at radius 1 is 1.21 bits per heavy atom. The number of hydrogen-bond donors (Lipinski definition) is 0. The van der Waals surface area contributed by atoms with E-state index in [4.69, 9.17) is 14.3 Å². The number of carbonyl (C=O) groups is 2. The molecule has 9 heteroatoms. The number of fused-ring (bicyclic) bond motifs is 1. The van der Waals surface area contributed by atoms with Crippen LogP contribution in [0.2, 0.25) is 0 Å². The first-order valence-electron chi connectivity index (χ1n) is 9.84. The smallest absolute Gasteiger partial charge is 0.364 e. The summed E-state index contributed by atoms with van der Waals surface area (Å²) in [7, 11) is 0. The molecule has 1 fully saturated rings. The zero-order valence-corrected chi connectivity index (χ0v) is 16.8. The number of benzene rings is 1. The number of morpholine rings is 1. The molecule has 2 heterocycles. The maximum Gasteiger partial charge on any atom is 0.364 e. The van der Waals surface area contributed by atoms with Crippen molar-refractivity contribution in [3.63, 3.8) is 0 Å². The van der Waals surface area contributed by atoms with Gasteiger partial charge >= 0.3 is 5.97 Å². The number of rotatable bonds is 8. The van der Waals surface area contributed by atoms with Crippen molar-refractivity contribution in [1.29, 1.82) is 0 Å². The van der Waals surface area contributed by atoms with Crippen LogP contribution >= 0.6 is 0 Å². The van der Waals surface area contributed by atoms with Crippen LogP contribution in [0.4, 0.5) is 0 Å². The molecule has 0 radical (unpaired) electrons. The minimum atomic E-state index is -0.640. The fourth-order valence-electron chi connectivity index (χ4n) is 3.03. The molecule has 3 rings (SSSR count). The van der Waals surface area contributed by atoms with Gasteiger partial charge in [0.2, 0.25) is 11.6 Å². The summed E-state index contributed by atoms with van der Waals surface area (Å²) in [4.78, 5) is 37.0. The molecule has 1 aromatic heterocycles. The lowest BCUT2D eigenvalue weighted by atomic mass is 10.3. The molecule has 1 amide bonds. The van der Waals surface area contributed by atoms with E-state index >= 15 is 0 Å². The lowest BCUT2D eigenvalue weighted by Gasteiger charge is -2.27. The van der Waals surface area contributed by atoms with Crippen LogP contribution in [0.3, 0.4) is 0 Å². The Morgan fingerprint density at radius 2 is 1.97 bits per heavy atom. The van der Waals surface area contributed by atoms with Crippen LogP contribution in [0.1, 0.15) is 26.1 Å². The average molecular weight is 402 g/mol. The Morgan fingerprint density at radius 3 is 2.69 bits per heavy atom. The fraction of sp³-hybridized carbons (Fsp3) is 0.500. The minimum Gasteiger partial charge on any atom is -0.461 e. The summed E-state index contributed by atoms with van der Waals surface area (Å²) in [6, 6.07) is 7.39. The van der Waals surface area contributed by atoms with Crippen molar-refractivity contribution in [1.82, 2.24) is 14.5 Å². The van der Waals surface area contributed by atoms with Gasteiger partial charge < -0.3 is 23.8 Å². The number of aromatic nitrogens is 2. The summed E-state index contributed by atoms with van der Waals surface area (Å²) >= 11 is 0. The molecule has 1 aliphatic heterocycles. The number of imidazole rings is 1. The fourth-order valence-corrected chi connectivity index (χ4v) is 3.03. The van der Waals surface area contributed by atoms with Crippen LogP contribution < -0.4 is 0 Å². The van der Waals surface area contributed by atoms with Crippen LogP contribution in [0.25, 0.3) is 11.0 Å². The third-order valence-corrected chi connectivity index (χ3v) is 4.44. The molecule has 0 aliphatic carbocycles. The van der Waals surface area contributed by atoms with Crippen LogP contribution in [-0.2, 0) is 30.4 Å². The van der Waals surface area contributed by atoms with Crippen LogP contribution in [0, 0.1) is 0 Å². The van der Waals surface area contributed by atoms with E-state index in [1.54, 1.807) is 16.4 Å². The molecule has 0 atom stereocenters. The Balaban J connectivity index is 2.00. The Bertz CT molecular complexity index is 886. The number of hydrogen-bond acceptors (Lipinski definition) is 7. The highest BCUT2D eigenvalue weighted by Crippen LogP contribution is 2.18. The number of para-hydroxylation sites is 2. The van der Waals surface area contributed by atoms with Crippen molar-refractivity contribution in [2.24, 2.45) is 5.16 Å². The zero-order valence-electron chi connectivity index (χ0n) is 16.8. The number of esters is 1. The van der Waals surface area contributed by atoms with Gasteiger partial charge in [-0.25, -0.2) is 9.78 Å². The summed E-state index contributed by atoms with van der Waals surface area (Å²) in [6.07, 6.45) is 0.742. The summed E-state index contributed by atoms with van der Waals surface area (Å²) in [5, 5.41) is 3.99. The zero-order chi connectivity index (χ0) is 20.6. The van der Waals surface area contributed by atoms with Crippen LogP contribution in [0.5, 0.6) is 0 Å². The highest BCUT2D eigenvalue weighted by Gasteiger charge is 2.27. The van der Waals surface area contributed by atoms with Crippen molar-refractivity contribution in [3.05, 3.63) is 30.1 Å². The molecule has 0 spiro atoms. The van der Waals surface area contributed by atoms with E-state index in [-0.39, 0.29) is 30.6 Å². The van der Waals surface area contributed by atoms with Crippen molar-refractivity contribution in [2.45, 2.75) is 26.8 Å². The molecule has 29 heavy (non-hydrogen) atoms. The summed E-state index contributed by atoms with van der Waals surface area (Å²) < 4.78 is 12.2. The SMILES string of the molecule is CCCO/N=C(\C(=O)OCC)c1nc2ccccc2n1CC(=O)N1CCOCC1. The van der Waals surface area contributed by atoms with Crippen molar-refractivity contribution in [3.8, 4) is 0 Å². The van der Waals surface area contributed by atoms with E-state index < -0.39 is 5.97 Å². The first kappa shape index (κ1) is 20.8. The van der Waals surface area contributed by atoms with E-state index in [9.17, 15) is 9.59 Å². The largest absolute Gasteiger partial charge is 0.461 e. The molecule has 1 saturated heterocycles. The van der Waals surface area contributed by atoms with E-state index in [2.05, 4.69) is 10.1 Å². The predicted molar refractivity (Wildman–Crippen MR) is 107 cm³/mol. The maximum absolute atomic E-state index is 12.9. The normalized spacial score (nSPS) is 14.8. The molecule has 9 nitrogen and oxygen atoms in total. The van der Waals surface area contributed by atoms with E-state index in [1.807, 2.05) is 31.2 Å². The average Bonchev–Trinajstić information content (AvgIpc) is 3.10. The van der Waals surface area contributed by atoms with Gasteiger partial charge in [0.15, 0.2) is 5.82 Å². The standard InChI is InChI=1S/C20H26N4O5/c1-3-11-29-22-18(20(26)28-4-2)19-21-15-7-5-6-8-16(15)24(19)14-17(25)23-9-12-27-13-10-23/h5-8H,3-4,9-14H2,1-2H3/b22-18-. The summed E-state index contributed by atoms with van der Waals surface area (Å²) in [5.41, 5.74) is 1.34. The molecule has 0 N–H and O–H groups in total. The second kappa shape index (κ2) is 10.0. The van der Waals surface area contributed by atoms with E-state index in [0.29, 0.717) is 38.4 Å². The van der Waals surface area contributed by atoms with Crippen LogP contribution in [0.15, 0.2) is 29.4 Å². The third kappa shape index (κ3) is 4.92. The maximum atomic E-state index is 12.9. The Hall–Kier alpha value is -2.94. The van der Waals surface area contributed by atoms with Gasteiger partial charge in [0.05, 0.1) is 30.9 Å². The van der Waals surface area contributed by atoms with Crippen molar-refractivity contribution >= 4 is 28.6 Å². The molecule has 0 saturated carbocycles. The molecule has 1 aliphatic rings. The third-order valence-electron chi connectivity index (χ3n) is 4.44. The molecule has 1 aromatic carbocycles. The number of amides is 1. The monoisotopic (exact) mass is 402 g/mol. The molecule has 0 unspecified atom stereocenters. The number of carbonyl (C=O) groups excluding carboxylic acids is 2. The quantitative estimate of drug-likeness (QED) is 0.288. The van der Waals surface area contributed by atoms with Gasteiger partial charge in [-0.1, -0.05) is 24.2 Å². The lowest BCUT2D eigenvalue weighted by molar-refractivity contribution is -0.136. The van der Waals surface area contributed by atoms with Gasteiger partial charge in [-0.15, -0.1) is 0 Å². The first-order valence-corrected chi connectivity index (χ1v) is 9.84. The van der Waals surface area contributed by atoms with Crippen LogP contribution in [-0.4, -0.2) is 71.6 Å². The second-order valence-corrected chi connectivity index (χ2v) is 6.50. The predicted octanol–water partition coefficient (Wildman–Crippen LogP) is 1.59. The molecular formula is C20H26N4O5. The lowest BCUT2D eigenvalue weighted by Crippen LogP contribution is -2.42. The molecular weight excluding hydrogens is 376 g/mol. The topological polar surface area (TPSA) is 95.2 Å². The van der Waals surface area contributed by atoms with Gasteiger partial charge in [0.25, 0.3) is 0 Å². The molecule has 0 bridgehead atoms. The summed E-state index contributed by atoms with van der Waals surface area (Å²) in [6.45, 7) is 6.35. The highest BCUT2D eigenvalue weighted by molar-refractivity contribution is 6.42. The number of nitrogens with zero attached hydrogens (tertiary/aromatic N) is 4. The van der Waals surface area contributed by atoms with Crippen molar-refractivity contribution < 1.29 is 23.9 Å². The van der Waals surface area contributed by atoms with Crippen molar-refractivity contribution in [2.75, 3.05) is 39.5 Å². The van der Waals surface area contributed by atoms with Gasteiger partial charge in [0.1, 0.15) is 13.2 Å². The molecule has 156 valence electrons.